The highest BCUT2D eigenvalue weighted by atomic mass is 35.5. The molecule has 1 heterocycles. The fraction of sp³-hybridized carbons (Fsp3) is 0.0909. The second kappa shape index (κ2) is 7.74. The predicted molar refractivity (Wildman–Crippen MR) is 112 cm³/mol. The fourth-order valence-corrected chi connectivity index (χ4v) is 3.06. The molecule has 3 aromatic carbocycles. The normalized spacial score (nSPS) is 10.8. The molecule has 0 radical (unpaired) electrons. The zero-order chi connectivity index (χ0) is 19.5. The number of nitrogens with zero attached hydrogens (tertiary/aromatic N) is 1. The summed E-state index contributed by atoms with van der Waals surface area (Å²) in [6.07, 6.45) is 0. The highest BCUT2D eigenvalue weighted by Crippen LogP contribution is 2.24. The van der Waals surface area contributed by atoms with Crippen LogP contribution in [0.3, 0.4) is 0 Å². The first kappa shape index (κ1) is 18.1. The number of aromatic amines is 1. The number of aryl methyl sites for hydroxylation is 1. The van der Waals surface area contributed by atoms with Crippen LogP contribution in [-0.4, -0.2) is 22.5 Å². The van der Waals surface area contributed by atoms with Crippen LogP contribution in [0.15, 0.2) is 66.7 Å². The lowest BCUT2D eigenvalue weighted by atomic mass is 10.2. The smallest absolute Gasteiger partial charge is 0.262 e. The summed E-state index contributed by atoms with van der Waals surface area (Å²) in [5.41, 5.74) is 4.74. The van der Waals surface area contributed by atoms with Gasteiger partial charge in [-0.15, -0.1) is 0 Å². The van der Waals surface area contributed by atoms with E-state index in [2.05, 4.69) is 21.4 Å². The van der Waals surface area contributed by atoms with Crippen LogP contribution in [-0.2, 0) is 4.79 Å². The Labute approximate surface area is 167 Å². The van der Waals surface area contributed by atoms with Crippen LogP contribution in [0.25, 0.3) is 22.4 Å². The second-order valence-corrected chi connectivity index (χ2v) is 6.86. The van der Waals surface area contributed by atoms with Gasteiger partial charge in [0.15, 0.2) is 6.61 Å². The standard InChI is InChI=1S/C22H18ClN3O2/c1-14-6-11-18-19(12-14)26-22(25-18)15-7-9-16(10-8-15)24-21(27)13-28-20-5-3-2-4-17(20)23/h2-12H,13H2,1H3,(H,24,27)(H,25,26). The fourth-order valence-electron chi connectivity index (χ4n) is 2.87. The lowest BCUT2D eigenvalue weighted by molar-refractivity contribution is -0.118. The Morgan fingerprint density at radius 2 is 1.89 bits per heavy atom. The van der Waals surface area contributed by atoms with Gasteiger partial charge in [0, 0.05) is 11.3 Å². The summed E-state index contributed by atoms with van der Waals surface area (Å²) in [6, 6.07) is 20.6. The molecule has 0 atom stereocenters. The molecule has 1 aromatic heterocycles. The minimum Gasteiger partial charge on any atom is -0.482 e. The number of aromatic nitrogens is 2. The Balaban J connectivity index is 1.41. The van der Waals surface area contributed by atoms with Gasteiger partial charge in [-0.2, -0.15) is 0 Å². The van der Waals surface area contributed by atoms with Gasteiger partial charge in [0.2, 0.25) is 0 Å². The van der Waals surface area contributed by atoms with Crippen LogP contribution in [0.5, 0.6) is 5.75 Å². The van der Waals surface area contributed by atoms with Crippen molar-refractivity contribution in [3.05, 3.63) is 77.3 Å². The van der Waals surface area contributed by atoms with Crippen LogP contribution in [0.2, 0.25) is 5.02 Å². The number of anilines is 1. The summed E-state index contributed by atoms with van der Waals surface area (Å²) in [4.78, 5) is 20.0. The maximum Gasteiger partial charge on any atom is 0.262 e. The zero-order valence-electron chi connectivity index (χ0n) is 15.2. The van der Waals surface area contributed by atoms with Gasteiger partial charge in [-0.1, -0.05) is 29.8 Å². The van der Waals surface area contributed by atoms with Crippen LogP contribution < -0.4 is 10.1 Å². The highest BCUT2D eigenvalue weighted by Gasteiger charge is 2.08. The number of para-hydroxylation sites is 1. The lowest BCUT2D eigenvalue weighted by Gasteiger charge is -2.09. The maximum atomic E-state index is 12.1. The molecule has 0 aliphatic heterocycles. The Morgan fingerprint density at radius 3 is 2.68 bits per heavy atom. The molecule has 0 bridgehead atoms. The average Bonchev–Trinajstić information content (AvgIpc) is 3.11. The minimum absolute atomic E-state index is 0.117. The molecule has 0 saturated heterocycles. The first-order valence-corrected chi connectivity index (χ1v) is 9.20. The molecule has 4 rings (SSSR count). The molecule has 0 fully saturated rings. The van der Waals surface area contributed by atoms with Crippen LogP contribution >= 0.6 is 11.6 Å². The maximum absolute atomic E-state index is 12.1. The molecule has 0 aliphatic rings. The van der Waals surface area contributed by atoms with Gasteiger partial charge in [-0.25, -0.2) is 4.98 Å². The third kappa shape index (κ3) is 4.00. The number of ether oxygens (including phenoxy) is 1. The number of hydrogen-bond acceptors (Lipinski definition) is 3. The quantitative estimate of drug-likeness (QED) is 0.490. The molecular formula is C22H18ClN3O2. The summed E-state index contributed by atoms with van der Waals surface area (Å²) in [5, 5.41) is 3.28. The Morgan fingerprint density at radius 1 is 1.11 bits per heavy atom. The first-order chi connectivity index (χ1) is 13.6. The Hall–Kier alpha value is -3.31. The van der Waals surface area contributed by atoms with Gasteiger partial charge >= 0.3 is 0 Å². The van der Waals surface area contributed by atoms with Gasteiger partial charge in [-0.05, 0) is 61.0 Å². The summed E-state index contributed by atoms with van der Waals surface area (Å²) in [5.74, 6) is 1.02. The lowest BCUT2D eigenvalue weighted by Crippen LogP contribution is -2.20. The molecule has 0 unspecified atom stereocenters. The molecule has 140 valence electrons. The first-order valence-electron chi connectivity index (χ1n) is 8.82. The second-order valence-electron chi connectivity index (χ2n) is 6.45. The molecule has 0 saturated carbocycles. The molecule has 1 amide bonds. The number of nitrogens with one attached hydrogen (secondary N) is 2. The number of benzene rings is 3. The summed E-state index contributed by atoms with van der Waals surface area (Å²) >= 11 is 6.02. The van der Waals surface area contributed by atoms with Crippen molar-refractivity contribution >= 4 is 34.2 Å². The number of imidazole rings is 1. The number of hydrogen-bond donors (Lipinski definition) is 2. The van der Waals surface area contributed by atoms with Crippen molar-refractivity contribution < 1.29 is 9.53 Å². The number of fused-ring (bicyclic) bond motifs is 1. The van der Waals surface area contributed by atoms with E-state index >= 15 is 0 Å². The van der Waals surface area contributed by atoms with Gasteiger partial charge in [0.05, 0.1) is 16.1 Å². The van der Waals surface area contributed by atoms with Crippen molar-refractivity contribution in [1.82, 2.24) is 9.97 Å². The molecule has 2 N–H and O–H groups in total. The van der Waals surface area contributed by atoms with E-state index in [1.54, 1.807) is 24.3 Å². The van der Waals surface area contributed by atoms with Crippen molar-refractivity contribution in [3.8, 4) is 17.1 Å². The van der Waals surface area contributed by atoms with E-state index in [9.17, 15) is 4.79 Å². The summed E-state index contributed by atoms with van der Waals surface area (Å²) in [7, 11) is 0. The molecule has 4 aromatic rings. The van der Waals surface area contributed by atoms with Crippen molar-refractivity contribution in [2.45, 2.75) is 6.92 Å². The number of halogens is 1. The number of carbonyl (C=O) groups excluding carboxylic acids is 1. The van der Waals surface area contributed by atoms with Crippen LogP contribution in [0, 0.1) is 6.92 Å². The molecule has 0 spiro atoms. The van der Waals surface area contributed by atoms with Gasteiger partial charge in [-0.3, -0.25) is 4.79 Å². The monoisotopic (exact) mass is 391 g/mol. The van der Waals surface area contributed by atoms with E-state index in [4.69, 9.17) is 16.3 Å². The Kier molecular flexibility index (Phi) is 5.00. The van der Waals surface area contributed by atoms with E-state index < -0.39 is 0 Å². The molecule has 0 aliphatic carbocycles. The highest BCUT2D eigenvalue weighted by molar-refractivity contribution is 6.32. The average molecular weight is 392 g/mol. The summed E-state index contributed by atoms with van der Waals surface area (Å²) < 4.78 is 5.45. The van der Waals surface area contributed by atoms with Gasteiger partial charge < -0.3 is 15.0 Å². The van der Waals surface area contributed by atoms with Gasteiger partial charge in [0.1, 0.15) is 11.6 Å². The van der Waals surface area contributed by atoms with E-state index in [1.807, 2.05) is 43.3 Å². The van der Waals surface area contributed by atoms with Gasteiger partial charge in [0.25, 0.3) is 5.91 Å². The third-order valence-electron chi connectivity index (χ3n) is 4.27. The Bertz CT molecular complexity index is 1140. The topological polar surface area (TPSA) is 67.0 Å². The number of carbonyl (C=O) groups is 1. The van der Waals surface area contributed by atoms with E-state index in [0.29, 0.717) is 16.5 Å². The number of rotatable bonds is 5. The molecule has 5 nitrogen and oxygen atoms in total. The SMILES string of the molecule is Cc1ccc2nc(-c3ccc(NC(=O)COc4ccccc4Cl)cc3)[nH]c2c1. The van der Waals surface area contributed by atoms with E-state index in [-0.39, 0.29) is 12.5 Å². The van der Waals surface area contributed by atoms with E-state index in [0.717, 1.165) is 22.4 Å². The zero-order valence-corrected chi connectivity index (χ0v) is 16.0. The summed E-state index contributed by atoms with van der Waals surface area (Å²) in [6.45, 7) is 1.93. The predicted octanol–water partition coefficient (Wildman–Crippen LogP) is 5.21. The van der Waals surface area contributed by atoms with E-state index in [1.165, 1.54) is 5.56 Å². The van der Waals surface area contributed by atoms with Crippen molar-refractivity contribution in [2.75, 3.05) is 11.9 Å². The van der Waals surface area contributed by atoms with Crippen molar-refractivity contribution in [2.24, 2.45) is 0 Å². The molecular weight excluding hydrogens is 374 g/mol. The number of amides is 1. The molecule has 28 heavy (non-hydrogen) atoms. The number of H-pyrrole nitrogens is 1. The van der Waals surface area contributed by atoms with Crippen molar-refractivity contribution in [1.29, 1.82) is 0 Å². The minimum atomic E-state index is -0.258. The third-order valence-corrected chi connectivity index (χ3v) is 4.59. The van der Waals surface area contributed by atoms with Crippen LogP contribution in [0.1, 0.15) is 5.56 Å². The van der Waals surface area contributed by atoms with Crippen molar-refractivity contribution in [3.63, 3.8) is 0 Å². The largest absolute Gasteiger partial charge is 0.482 e. The van der Waals surface area contributed by atoms with Crippen LogP contribution in [0.4, 0.5) is 5.69 Å². The molecule has 6 heteroatoms.